The summed E-state index contributed by atoms with van der Waals surface area (Å²) in [6.45, 7) is 3.03. The number of anilines is 2. The van der Waals surface area contributed by atoms with Gasteiger partial charge in [0, 0.05) is 24.4 Å². The molecule has 1 aromatic rings. The predicted molar refractivity (Wildman–Crippen MR) is 71.4 cm³/mol. The third-order valence-electron chi connectivity index (χ3n) is 3.67. The fraction of sp³-hybridized carbons (Fsp3) is 0.500. The number of hydrogen-bond donors (Lipinski definition) is 3. The van der Waals surface area contributed by atoms with Crippen LogP contribution in [0.2, 0.25) is 0 Å². The second-order valence-corrected chi connectivity index (χ2v) is 4.88. The molecule has 0 bridgehead atoms. The van der Waals surface area contributed by atoms with Crippen molar-refractivity contribution in [1.29, 1.82) is 0 Å². The van der Waals surface area contributed by atoms with Crippen LogP contribution in [0.4, 0.5) is 17.1 Å². The van der Waals surface area contributed by atoms with Gasteiger partial charge in [-0.15, -0.1) is 0 Å². The van der Waals surface area contributed by atoms with Gasteiger partial charge in [0.05, 0.1) is 10.6 Å². The van der Waals surface area contributed by atoms with Crippen LogP contribution < -0.4 is 16.6 Å². The number of nitrogens with two attached hydrogens (primary N) is 1. The maximum absolute atomic E-state index is 10.8. The number of nitrogen functional groups attached to an aromatic ring is 1. The molecule has 0 spiro atoms. The van der Waals surface area contributed by atoms with Gasteiger partial charge >= 0.3 is 0 Å². The molecular weight excluding hydrogens is 232 g/mol. The minimum absolute atomic E-state index is 0.0364. The molecule has 0 aliphatic heterocycles. The van der Waals surface area contributed by atoms with Crippen molar-refractivity contribution in [2.24, 2.45) is 11.3 Å². The SMILES string of the molecule is CCC1(CNc2cc(NN)cc([N+](=O)[O-])c2)CC1. The molecule has 6 heteroatoms. The van der Waals surface area contributed by atoms with Gasteiger partial charge in [0.1, 0.15) is 0 Å². The van der Waals surface area contributed by atoms with Crippen LogP contribution in [-0.2, 0) is 0 Å². The Morgan fingerprint density at radius 3 is 2.56 bits per heavy atom. The number of nitrogens with one attached hydrogen (secondary N) is 2. The molecule has 1 saturated carbocycles. The second-order valence-electron chi connectivity index (χ2n) is 4.88. The Labute approximate surface area is 106 Å². The molecule has 18 heavy (non-hydrogen) atoms. The van der Waals surface area contributed by atoms with E-state index in [9.17, 15) is 10.1 Å². The zero-order chi connectivity index (χ0) is 13.2. The highest BCUT2D eigenvalue weighted by atomic mass is 16.6. The smallest absolute Gasteiger partial charge is 0.273 e. The van der Waals surface area contributed by atoms with E-state index in [1.807, 2.05) is 0 Å². The fourth-order valence-corrected chi connectivity index (χ4v) is 2.02. The van der Waals surface area contributed by atoms with E-state index in [0.29, 0.717) is 11.1 Å². The van der Waals surface area contributed by atoms with E-state index in [1.165, 1.54) is 25.0 Å². The number of nitro benzene ring substituents is 1. The molecular formula is C12H18N4O2. The van der Waals surface area contributed by atoms with E-state index < -0.39 is 4.92 Å². The molecule has 1 aromatic carbocycles. The molecule has 6 nitrogen and oxygen atoms in total. The highest BCUT2D eigenvalue weighted by Crippen LogP contribution is 2.48. The largest absolute Gasteiger partial charge is 0.384 e. The van der Waals surface area contributed by atoms with E-state index in [2.05, 4.69) is 17.7 Å². The van der Waals surface area contributed by atoms with Crippen molar-refractivity contribution in [3.8, 4) is 0 Å². The van der Waals surface area contributed by atoms with E-state index in [-0.39, 0.29) is 5.69 Å². The van der Waals surface area contributed by atoms with Gasteiger partial charge < -0.3 is 10.7 Å². The number of nitrogens with zero attached hydrogens (tertiary/aromatic N) is 1. The Kier molecular flexibility index (Phi) is 3.38. The standard InChI is InChI=1S/C12H18N4O2/c1-2-12(3-4-12)8-14-9-5-10(15-13)7-11(6-9)16(17)18/h5-7,14-15H,2-4,8,13H2,1H3. The molecule has 1 fully saturated rings. The average Bonchev–Trinajstić information content (AvgIpc) is 3.16. The topological polar surface area (TPSA) is 93.2 Å². The fourth-order valence-electron chi connectivity index (χ4n) is 2.02. The number of benzene rings is 1. The zero-order valence-electron chi connectivity index (χ0n) is 10.4. The number of hydrogen-bond acceptors (Lipinski definition) is 5. The molecule has 0 amide bonds. The Morgan fingerprint density at radius 2 is 2.06 bits per heavy atom. The normalized spacial score (nSPS) is 16.1. The van der Waals surface area contributed by atoms with Gasteiger partial charge in [-0.05, 0) is 30.7 Å². The first kappa shape index (κ1) is 12.6. The first-order chi connectivity index (χ1) is 8.58. The minimum Gasteiger partial charge on any atom is -0.384 e. The number of hydrazine groups is 1. The van der Waals surface area contributed by atoms with Crippen LogP contribution in [0.3, 0.4) is 0 Å². The van der Waals surface area contributed by atoms with E-state index in [1.54, 1.807) is 6.07 Å². The Balaban J connectivity index is 2.11. The lowest BCUT2D eigenvalue weighted by atomic mass is 10.0. The van der Waals surface area contributed by atoms with Crippen molar-refractivity contribution < 1.29 is 4.92 Å². The Bertz CT molecular complexity index is 457. The van der Waals surface area contributed by atoms with Crippen molar-refractivity contribution in [2.45, 2.75) is 26.2 Å². The zero-order valence-corrected chi connectivity index (χ0v) is 10.4. The molecule has 0 radical (unpaired) electrons. The quantitative estimate of drug-likeness (QED) is 0.409. The summed E-state index contributed by atoms with van der Waals surface area (Å²) < 4.78 is 0. The molecule has 4 N–H and O–H groups in total. The summed E-state index contributed by atoms with van der Waals surface area (Å²) in [7, 11) is 0. The summed E-state index contributed by atoms with van der Waals surface area (Å²) in [5.41, 5.74) is 4.14. The van der Waals surface area contributed by atoms with Gasteiger partial charge in [-0.1, -0.05) is 6.92 Å². The molecule has 98 valence electrons. The Morgan fingerprint density at radius 1 is 1.39 bits per heavy atom. The maximum atomic E-state index is 10.8. The first-order valence-corrected chi connectivity index (χ1v) is 6.08. The van der Waals surface area contributed by atoms with Crippen molar-refractivity contribution in [2.75, 3.05) is 17.3 Å². The van der Waals surface area contributed by atoms with Crippen molar-refractivity contribution in [1.82, 2.24) is 0 Å². The minimum atomic E-state index is -0.418. The van der Waals surface area contributed by atoms with E-state index >= 15 is 0 Å². The number of nitro groups is 1. The predicted octanol–water partition coefficient (Wildman–Crippen LogP) is 2.48. The van der Waals surface area contributed by atoms with Crippen molar-refractivity contribution in [3.63, 3.8) is 0 Å². The first-order valence-electron chi connectivity index (χ1n) is 6.08. The number of rotatable bonds is 6. The third kappa shape index (κ3) is 2.70. The van der Waals surface area contributed by atoms with Gasteiger partial charge in [-0.2, -0.15) is 0 Å². The summed E-state index contributed by atoms with van der Waals surface area (Å²) in [5.74, 6) is 5.31. The average molecular weight is 250 g/mol. The molecule has 0 atom stereocenters. The van der Waals surface area contributed by atoms with Crippen molar-refractivity contribution >= 4 is 17.1 Å². The van der Waals surface area contributed by atoms with E-state index in [0.717, 1.165) is 18.7 Å². The third-order valence-corrected chi connectivity index (χ3v) is 3.67. The van der Waals surface area contributed by atoms with Crippen LogP contribution >= 0.6 is 0 Å². The highest BCUT2D eigenvalue weighted by molar-refractivity contribution is 5.63. The lowest BCUT2D eigenvalue weighted by Gasteiger charge is -2.15. The monoisotopic (exact) mass is 250 g/mol. The van der Waals surface area contributed by atoms with Crippen LogP contribution in [0.5, 0.6) is 0 Å². The molecule has 0 heterocycles. The van der Waals surface area contributed by atoms with Crippen LogP contribution in [0, 0.1) is 15.5 Å². The van der Waals surface area contributed by atoms with Crippen LogP contribution in [0.25, 0.3) is 0 Å². The summed E-state index contributed by atoms with van der Waals surface area (Å²) in [5, 5.41) is 14.1. The maximum Gasteiger partial charge on any atom is 0.273 e. The summed E-state index contributed by atoms with van der Waals surface area (Å²) in [6, 6.07) is 4.73. The molecule has 2 rings (SSSR count). The number of non-ortho nitro benzene ring substituents is 1. The summed E-state index contributed by atoms with van der Waals surface area (Å²) in [6.07, 6.45) is 3.60. The van der Waals surface area contributed by atoms with Gasteiger partial charge in [0.25, 0.3) is 5.69 Å². The summed E-state index contributed by atoms with van der Waals surface area (Å²) >= 11 is 0. The molecule has 1 aliphatic rings. The molecule has 0 saturated heterocycles. The lowest BCUT2D eigenvalue weighted by molar-refractivity contribution is -0.384. The molecule has 0 unspecified atom stereocenters. The van der Waals surface area contributed by atoms with Crippen LogP contribution in [0.15, 0.2) is 18.2 Å². The van der Waals surface area contributed by atoms with Crippen LogP contribution in [-0.4, -0.2) is 11.5 Å². The van der Waals surface area contributed by atoms with E-state index in [4.69, 9.17) is 5.84 Å². The van der Waals surface area contributed by atoms with Gasteiger partial charge in [0.2, 0.25) is 0 Å². The summed E-state index contributed by atoms with van der Waals surface area (Å²) in [4.78, 5) is 10.4. The van der Waals surface area contributed by atoms with Gasteiger partial charge in [-0.3, -0.25) is 16.0 Å². The van der Waals surface area contributed by atoms with Gasteiger partial charge in [-0.25, -0.2) is 0 Å². The Hall–Kier alpha value is -1.82. The second kappa shape index (κ2) is 4.81. The molecule has 1 aliphatic carbocycles. The lowest BCUT2D eigenvalue weighted by Crippen LogP contribution is -2.15. The highest BCUT2D eigenvalue weighted by Gasteiger charge is 2.40. The van der Waals surface area contributed by atoms with Gasteiger partial charge in [0.15, 0.2) is 0 Å². The van der Waals surface area contributed by atoms with Crippen molar-refractivity contribution in [3.05, 3.63) is 28.3 Å². The van der Waals surface area contributed by atoms with Crippen LogP contribution in [0.1, 0.15) is 26.2 Å². The molecule has 0 aromatic heterocycles.